The molecular formula is C11H11BrN4S. The van der Waals surface area contributed by atoms with Crippen molar-refractivity contribution in [3.05, 3.63) is 34.7 Å². The number of aromatic nitrogens is 3. The lowest BCUT2D eigenvalue weighted by molar-refractivity contribution is 0.893. The van der Waals surface area contributed by atoms with E-state index in [2.05, 4.69) is 30.9 Å². The van der Waals surface area contributed by atoms with E-state index in [9.17, 15) is 0 Å². The van der Waals surface area contributed by atoms with Crippen molar-refractivity contribution < 1.29 is 0 Å². The molecule has 0 aliphatic heterocycles. The molecule has 0 spiro atoms. The molecule has 0 saturated heterocycles. The van der Waals surface area contributed by atoms with Crippen LogP contribution in [0.2, 0.25) is 0 Å². The molecule has 2 heterocycles. The summed E-state index contributed by atoms with van der Waals surface area (Å²) in [5.41, 5.74) is 5.73. The summed E-state index contributed by atoms with van der Waals surface area (Å²) in [6.45, 7) is 2.00. The number of nitrogens with two attached hydrogens (primary N) is 1. The zero-order valence-electron chi connectivity index (χ0n) is 9.22. The molecule has 0 fully saturated rings. The van der Waals surface area contributed by atoms with Crippen molar-refractivity contribution in [1.82, 2.24) is 15.0 Å². The Kier molecular flexibility index (Phi) is 3.96. The second-order valence-corrected chi connectivity index (χ2v) is 5.16. The summed E-state index contributed by atoms with van der Waals surface area (Å²) in [6, 6.07) is 5.57. The van der Waals surface area contributed by atoms with Crippen LogP contribution in [-0.4, -0.2) is 15.0 Å². The molecule has 0 bridgehead atoms. The monoisotopic (exact) mass is 310 g/mol. The topological polar surface area (TPSA) is 64.7 Å². The van der Waals surface area contributed by atoms with Gasteiger partial charge in [0.15, 0.2) is 0 Å². The summed E-state index contributed by atoms with van der Waals surface area (Å²) in [6.07, 6.45) is 2.51. The van der Waals surface area contributed by atoms with Gasteiger partial charge in [-0.3, -0.25) is 0 Å². The quantitative estimate of drug-likeness (QED) is 0.883. The molecule has 0 saturated carbocycles. The van der Waals surface area contributed by atoms with E-state index in [4.69, 9.17) is 5.73 Å². The van der Waals surface area contributed by atoms with E-state index in [1.54, 1.807) is 12.3 Å². The average molecular weight is 311 g/mol. The van der Waals surface area contributed by atoms with E-state index in [0.29, 0.717) is 5.82 Å². The molecule has 0 unspecified atom stereocenters. The van der Waals surface area contributed by atoms with Crippen LogP contribution in [-0.2, 0) is 6.42 Å². The predicted octanol–water partition coefficient (Wildman–Crippen LogP) is 2.93. The van der Waals surface area contributed by atoms with Gasteiger partial charge in [0.1, 0.15) is 21.7 Å². The highest BCUT2D eigenvalue weighted by Gasteiger charge is 2.07. The van der Waals surface area contributed by atoms with Gasteiger partial charge in [-0.2, -0.15) is 0 Å². The van der Waals surface area contributed by atoms with Crippen molar-refractivity contribution in [1.29, 1.82) is 0 Å². The SMILES string of the molecule is CCc1nc(N)cc(Sc2ncccc2Br)n1. The number of nitrogen functional groups attached to an aromatic ring is 1. The summed E-state index contributed by atoms with van der Waals surface area (Å²) in [5, 5.41) is 1.68. The van der Waals surface area contributed by atoms with Crippen molar-refractivity contribution in [2.45, 2.75) is 23.4 Å². The molecule has 0 aliphatic carbocycles. The standard InChI is InChI=1S/C11H11BrN4S/c1-2-9-15-8(13)6-10(16-9)17-11-7(12)4-3-5-14-11/h3-6H,2H2,1H3,(H2,13,15,16). The number of halogens is 1. The molecule has 0 atom stereocenters. The summed E-state index contributed by atoms with van der Waals surface area (Å²) >= 11 is 4.92. The van der Waals surface area contributed by atoms with Crippen molar-refractivity contribution in [3.8, 4) is 0 Å². The second kappa shape index (κ2) is 5.46. The third-order valence-corrected chi connectivity index (χ3v) is 3.85. The number of rotatable bonds is 3. The summed E-state index contributed by atoms with van der Waals surface area (Å²) in [4.78, 5) is 12.8. The Balaban J connectivity index is 2.30. The van der Waals surface area contributed by atoms with E-state index in [-0.39, 0.29) is 0 Å². The molecule has 0 radical (unpaired) electrons. The molecular weight excluding hydrogens is 300 g/mol. The number of hydrogen-bond acceptors (Lipinski definition) is 5. The smallest absolute Gasteiger partial charge is 0.131 e. The van der Waals surface area contributed by atoms with Crippen LogP contribution in [0, 0.1) is 0 Å². The van der Waals surface area contributed by atoms with Gasteiger partial charge in [0.05, 0.1) is 4.47 Å². The molecule has 2 rings (SSSR count). The van der Waals surface area contributed by atoms with Crippen LogP contribution in [0.25, 0.3) is 0 Å². The van der Waals surface area contributed by atoms with E-state index < -0.39 is 0 Å². The van der Waals surface area contributed by atoms with Gasteiger partial charge >= 0.3 is 0 Å². The van der Waals surface area contributed by atoms with Crippen molar-refractivity contribution in [2.75, 3.05) is 5.73 Å². The fourth-order valence-corrected chi connectivity index (χ4v) is 2.55. The van der Waals surface area contributed by atoms with Gasteiger partial charge in [-0.05, 0) is 39.8 Å². The normalized spacial score (nSPS) is 10.5. The lowest BCUT2D eigenvalue weighted by atomic mass is 10.4. The van der Waals surface area contributed by atoms with Crippen LogP contribution in [0.15, 0.2) is 38.9 Å². The Labute approximate surface area is 112 Å². The Morgan fingerprint density at radius 2 is 2.24 bits per heavy atom. The maximum atomic E-state index is 5.73. The van der Waals surface area contributed by atoms with Gasteiger partial charge in [-0.15, -0.1) is 0 Å². The van der Waals surface area contributed by atoms with Crippen LogP contribution in [0.4, 0.5) is 5.82 Å². The van der Waals surface area contributed by atoms with Crippen LogP contribution in [0.1, 0.15) is 12.7 Å². The third-order valence-electron chi connectivity index (χ3n) is 2.01. The van der Waals surface area contributed by atoms with Crippen molar-refractivity contribution in [3.63, 3.8) is 0 Å². The highest BCUT2D eigenvalue weighted by Crippen LogP contribution is 2.30. The first-order valence-corrected chi connectivity index (χ1v) is 6.71. The fraction of sp³-hybridized carbons (Fsp3) is 0.182. The number of nitrogens with zero attached hydrogens (tertiary/aromatic N) is 3. The van der Waals surface area contributed by atoms with E-state index in [1.165, 1.54) is 11.8 Å². The van der Waals surface area contributed by atoms with Gasteiger partial charge in [0.25, 0.3) is 0 Å². The first-order valence-electron chi connectivity index (χ1n) is 5.11. The number of anilines is 1. The Bertz CT molecular complexity index is 533. The van der Waals surface area contributed by atoms with E-state index in [1.807, 2.05) is 19.1 Å². The maximum absolute atomic E-state index is 5.73. The minimum absolute atomic E-state index is 0.492. The molecule has 17 heavy (non-hydrogen) atoms. The van der Waals surface area contributed by atoms with E-state index >= 15 is 0 Å². The second-order valence-electron chi connectivity index (χ2n) is 3.29. The fourth-order valence-electron chi connectivity index (χ4n) is 1.25. The van der Waals surface area contributed by atoms with Gasteiger partial charge in [-0.25, -0.2) is 15.0 Å². The molecule has 0 aromatic carbocycles. The van der Waals surface area contributed by atoms with Crippen LogP contribution in [0.5, 0.6) is 0 Å². The van der Waals surface area contributed by atoms with Gasteiger partial charge in [0, 0.05) is 18.7 Å². The Hall–Kier alpha value is -1.14. The highest BCUT2D eigenvalue weighted by molar-refractivity contribution is 9.10. The lowest BCUT2D eigenvalue weighted by Gasteiger charge is -2.04. The van der Waals surface area contributed by atoms with Crippen LogP contribution in [0.3, 0.4) is 0 Å². The minimum Gasteiger partial charge on any atom is -0.384 e. The molecule has 0 aliphatic rings. The number of pyridine rings is 1. The lowest BCUT2D eigenvalue weighted by Crippen LogP contribution is -1.99. The molecule has 4 nitrogen and oxygen atoms in total. The third kappa shape index (κ3) is 3.17. The van der Waals surface area contributed by atoms with Gasteiger partial charge < -0.3 is 5.73 Å². The first-order chi connectivity index (χ1) is 8.19. The molecule has 2 aromatic heterocycles. The van der Waals surface area contributed by atoms with Gasteiger partial charge in [0.2, 0.25) is 0 Å². The van der Waals surface area contributed by atoms with Crippen LogP contribution < -0.4 is 5.73 Å². The molecule has 2 aromatic rings. The molecule has 88 valence electrons. The number of hydrogen-bond donors (Lipinski definition) is 1. The first kappa shape index (κ1) is 12.3. The molecule has 0 amide bonds. The highest BCUT2D eigenvalue weighted by atomic mass is 79.9. The van der Waals surface area contributed by atoms with Crippen LogP contribution >= 0.6 is 27.7 Å². The van der Waals surface area contributed by atoms with Crippen molar-refractivity contribution >= 4 is 33.5 Å². The predicted molar refractivity (Wildman–Crippen MR) is 71.9 cm³/mol. The van der Waals surface area contributed by atoms with E-state index in [0.717, 1.165) is 26.8 Å². The largest absolute Gasteiger partial charge is 0.384 e. The summed E-state index contributed by atoms with van der Waals surface area (Å²) < 4.78 is 0.945. The zero-order chi connectivity index (χ0) is 12.3. The maximum Gasteiger partial charge on any atom is 0.131 e. The number of aryl methyl sites for hydroxylation is 1. The average Bonchev–Trinajstić information content (AvgIpc) is 2.31. The van der Waals surface area contributed by atoms with Crippen molar-refractivity contribution in [2.24, 2.45) is 0 Å². The van der Waals surface area contributed by atoms with Gasteiger partial charge in [-0.1, -0.05) is 6.92 Å². The molecule has 6 heteroatoms. The molecule has 2 N–H and O–H groups in total. The Morgan fingerprint density at radius 1 is 1.41 bits per heavy atom. The summed E-state index contributed by atoms with van der Waals surface area (Å²) in [7, 11) is 0. The summed E-state index contributed by atoms with van der Waals surface area (Å²) in [5.74, 6) is 1.24. The zero-order valence-corrected chi connectivity index (χ0v) is 11.6. The Morgan fingerprint density at radius 3 is 2.94 bits per heavy atom. The minimum atomic E-state index is 0.492.